The lowest BCUT2D eigenvalue weighted by Gasteiger charge is -2.05. The fourth-order valence-electron chi connectivity index (χ4n) is 0.920. The van der Waals surface area contributed by atoms with Crippen molar-refractivity contribution in [2.24, 2.45) is 0 Å². The van der Waals surface area contributed by atoms with Gasteiger partial charge in [-0.15, -0.1) is 0 Å². The molecule has 1 nitrogen and oxygen atoms in total. The highest BCUT2D eigenvalue weighted by Crippen LogP contribution is 2.25. The van der Waals surface area contributed by atoms with E-state index < -0.39 is 0 Å². The van der Waals surface area contributed by atoms with Crippen LogP contribution in [0.2, 0.25) is 5.02 Å². The zero-order chi connectivity index (χ0) is 9.68. The molecule has 1 aromatic carbocycles. The van der Waals surface area contributed by atoms with E-state index in [1.54, 1.807) is 0 Å². The highest BCUT2D eigenvalue weighted by atomic mass is 79.9. The molecule has 1 aromatic rings. The third-order valence-corrected chi connectivity index (χ3v) is 2.38. The molecule has 13 heavy (non-hydrogen) atoms. The van der Waals surface area contributed by atoms with Crippen LogP contribution in [-0.2, 0) is 0 Å². The maximum absolute atomic E-state index is 5.99. The molecule has 0 unspecified atom stereocenters. The molecule has 0 aliphatic rings. The van der Waals surface area contributed by atoms with Crippen molar-refractivity contribution in [1.82, 2.24) is 0 Å². The van der Waals surface area contributed by atoms with E-state index in [4.69, 9.17) is 11.6 Å². The average Bonchev–Trinajstić information content (AvgIpc) is 2.09. The highest BCUT2D eigenvalue weighted by molar-refractivity contribution is 9.10. The summed E-state index contributed by atoms with van der Waals surface area (Å²) in [7, 11) is 0. The molecule has 70 valence electrons. The Balaban J connectivity index is 2.66. The van der Waals surface area contributed by atoms with Gasteiger partial charge in [-0.2, -0.15) is 0 Å². The smallest absolute Gasteiger partial charge is 0.0648 e. The van der Waals surface area contributed by atoms with Crippen molar-refractivity contribution in [2.75, 3.05) is 11.9 Å². The van der Waals surface area contributed by atoms with Gasteiger partial charge in [-0.3, -0.25) is 0 Å². The van der Waals surface area contributed by atoms with Crippen molar-refractivity contribution in [3.05, 3.63) is 39.8 Å². The van der Waals surface area contributed by atoms with E-state index in [-0.39, 0.29) is 0 Å². The highest BCUT2D eigenvalue weighted by Gasteiger charge is 1.97. The van der Waals surface area contributed by atoms with Crippen LogP contribution in [0.1, 0.15) is 6.92 Å². The van der Waals surface area contributed by atoms with Gasteiger partial charge in [-0.05, 0) is 25.1 Å². The third-order valence-electron chi connectivity index (χ3n) is 1.58. The van der Waals surface area contributed by atoms with Gasteiger partial charge in [0.05, 0.1) is 10.7 Å². The van der Waals surface area contributed by atoms with E-state index in [9.17, 15) is 0 Å². The first-order valence-electron chi connectivity index (χ1n) is 4.04. The summed E-state index contributed by atoms with van der Waals surface area (Å²) in [5.41, 5.74) is 0.961. The molecule has 3 heteroatoms. The van der Waals surface area contributed by atoms with Crippen LogP contribution in [0, 0.1) is 0 Å². The Hall–Kier alpha value is -0.470. The number of benzene rings is 1. The Bertz CT molecular complexity index is 310. The van der Waals surface area contributed by atoms with Crippen LogP contribution >= 0.6 is 27.5 Å². The van der Waals surface area contributed by atoms with E-state index in [2.05, 4.69) is 21.2 Å². The summed E-state index contributed by atoms with van der Waals surface area (Å²) in [6.07, 6.45) is 4.04. The van der Waals surface area contributed by atoms with Crippen LogP contribution in [-0.4, -0.2) is 6.54 Å². The predicted molar refractivity (Wildman–Crippen MR) is 62.5 cm³/mol. The standard InChI is InChI=1S/C10H11BrClN/c1-2-3-6-13-10-5-4-8(11)7-9(10)12/h2-5,7,13H,6H2,1H3/b3-2+. The number of hydrogen-bond acceptors (Lipinski definition) is 1. The quantitative estimate of drug-likeness (QED) is 0.807. The van der Waals surface area contributed by atoms with Crippen LogP contribution in [0.15, 0.2) is 34.8 Å². The summed E-state index contributed by atoms with van der Waals surface area (Å²) in [4.78, 5) is 0. The minimum Gasteiger partial charge on any atom is -0.380 e. The maximum atomic E-state index is 5.99. The lowest BCUT2D eigenvalue weighted by Crippen LogP contribution is -1.98. The minimum atomic E-state index is 0.735. The summed E-state index contributed by atoms with van der Waals surface area (Å²) in [6.45, 7) is 2.79. The summed E-state index contributed by atoms with van der Waals surface area (Å²) in [5.74, 6) is 0. The molecule has 0 aliphatic carbocycles. The SMILES string of the molecule is C/C=C/CNc1ccc(Br)cc1Cl. The van der Waals surface area contributed by atoms with E-state index >= 15 is 0 Å². The molecule has 0 amide bonds. The maximum Gasteiger partial charge on any atom is 0.0648 e. The second kappa shape index (κ2) is 5.30. The van der Waals surface area contributed by atoms with Crippen LogP contribution in [0.25, 0.3) is 0 Å². The van der Waals surface area contributed by atoms with Gasteiger partial charge in [0.25, 0.3) is 0 Å². The van der Waals surface area contributed by atoms with Gasteiger partial charge in [0, 0.05) is 11.0 Å². The number of nitrogens with one attached hydrogen (secondary N) is 1. The normalized spacial score (nSPS) is 10.7. The van der Waals surface area contributed by atoms with Crippen molar-refractivity contribution in [3.8, 4) is 0 Å². The van der Waals surface area contributed by atoms with Gasteiger partial charge in [-0.1, -0.05) is 39.7 Å². The van der Waals surface area contributed by atoms with E-state index in [1.807, 2.05) is 37.3 Å². The Morgan fingerprint density at radius 2 is 2.31 bits per heavy atom. The zero-order valence-electron chi connectivity index (χ0n) is 7.35. The molecule has 1 rings (SSSR count). The Kier molecular flexibility index (Phi) is 4.33. The van der Waals surface area contributed by atoms with E-state index in [1.165, 1.54) is 0 Å². The van der Waals surface area contributed by atoms with Gasteiger partial charge in [0.2, 0.25) is 0 Å². The van der Waals surface area contributed by atoms with Crippen molar-refractivity contribution < 1.29 is 0 Å². The van der Waals surface area contributed by atoms with Crippen molar-refractivity contribution >= 4 is 33.2 Å². The lowest BCUT2D eigenvalue weighted by molar-refractivity contribution is 1.32. The zero-order valence-corrected chi connectivity index (χ0v) is 9.69. The number of hydrogen-bond donors (Lipinski definition) is 1. The molecule has 0 saturated carbocycles. The molecule has 1 N–H and O–H groups in total. The largest absolute Gasteiger partial charge is 0.380 e. The average molecular weight is 261 g/mol. The number of halogens is 2. The second-order valence-electron chi connectivity index (χ2n) is 2.57. The number of rotatable bonds is 3. The van der Waals surface area contributed by atoms with Gasteiger partial charge in [-0.25, -0.2) is 0 Å². The van der Waals surface area contributed by atoms with E-state index in [0.29, 0.717) is 0 Å². The molecule has 0 heterocycles. The lowest BCUT2D eigenvalue weighted by atomic mass is 10.3. The predicted octanol–water partition coefficient (Wildman–Crippen LogP) is 4.09. The molecule has 0 saturated heterocycles. The fraction of sp³-hybridized carbons (Fsp3) is 0.200. The second-order valence-corrected chi connectivity index (χ2v) is 3.90. The molecule has 0 bridgehead atoms. The molecule has 0 radical (unpaired) electrons. The summed E-state index contributed by atoms with van der Waals surface area (Å²) >= 11 is 9.34. The first kappa shape index (κ1) is 10.6. The van der Waals surface area contributed by atoms with Gasteiger partial charge < -0.3 is 5.32 Å². The van der Waals surface area contributed by atoms with Crippen molar-refractivity contribution in [1.29, 1.82) is 0 Å². The topological polar surface area (TPSA) is 12.0 Å². The molecule has 0 fully saturated rings. The minimum absolute atomic E-state index is 0.735. The molecule has 0 atom stereocenters. The van der Waals surface area contributed by atoms with Crippen LogP contribution < -0.4 is 5.32 Å². The molecule has 0 spiro atoms. The fourth-order valence-corrected chi connectivity index (χ4v) is 1.66. The van der Waals surface area contributed by atoms with Crippen molar-refractivity contribution in [3.63, 3.8) is 0 Å². The molecular weight excluding hydrogens is 249 g/mol. The molecule has 0 aromatic heterocycles. The first-order chi connectivity index (χ1) is 6.24. The van der Waals surface area contributed by atoms with Crippen LogP contribution in [0.4, 0.5) is 5.69 Å². The summed E-state index contributed by atoms with van der Waals surface area (Å²) in [6, 6.07) is 5.79. The summed E-state index contributed by atoms with van der Waals surface area (Å²) in [5, 5.41) is 3.94. The van der Waals surface area contributed by atoms with Crippen LogP contribution in [0.3, 0.4) is 0 Å². The molecule has 0 aliphatic heterocycles. The number of anilines is 1. The Morgan fingerprint density at radius 3 is 2.92 bits per heavy atom. The first-order valence-corrected chi connectivity index (χ1v) is 5.21. The molecular formula is C10H11BrClN. The van der Waals surface area contributed by atoms with Gasteiger partial charge in [0.1, 0.15) is 0 Å². The van der Waals surface area contributed by atoms with Gasteiger partial charge >= 0.3 is 0 Å². The van der Waals surface area contributed by atoms with Crippen molar-refractivity contribution in [2.45, 2.75) is 6.92 Å². The van der Waals surface area contributed by atoms with Gasteiger partial charge in [0.15, 0.2) is 0 Å². The van der Waals surface area contributed by atoms with Crippen LogP contribution in [0.5, 0.6) is 0 Å². The Labute approximate surface area is 91.9 Å². The van der Waals surface area contributed by atoms with E-state index in [0.717, 1.165) is 21.7 Å². The summed E-state index contributed by atoms with van der Waals surface area (Å²) < 4.78 is 0.995. The Morgan fingerprint density at radius 1 is 1.54 bits per heavy atom. The third kappa shape index (κ3) is 3.41. The number of allylic oxidation sites excluding steroid dienone is 1. The monoisotopic (exact) mass is 259 g/mol.